The number of ether oxygens (including phenoxy) is 1. The van der Waals surface area contributed by atoms with Crippen molar-refractivity contribution in [1.29, 1.82) is 0 Å². The zero-order valence-electron chi connectivity index (χ0n) is 12.0. The van der Waals surface area contributed by atoms with Crippen molar-refractivity contribution in [3.8, 4) is 0 Å². The predicted octanol–water partition coefficient (Wildman–Crippen LogP) is 0.980. The average molecular weight is 275 g/mol. The molecule has 0 aromatic carbocycles. The third-order valence-electron chi connectivity index (χ3n) is 4.04. The Kier molecular flexibility index (Phi) is 3.58. The third-order valence-corrected chi connectivity index (χ3v) is 4.04. The molecular formula is C14H21N5O. The summed E-state index contributed by atoms with van der Waals surface area (Å²) >= 11 is 0. The predicted molar refractivity (Wildman–Crippen MR) is 77.9 cm³/mol. The Morgan fingerprint density at radius 3 is 3.10 bits per heavy atom. The second kappa shape index (κ2) is 5.38. The molecule has 3 rings (SSSR count). The lowest BCUT2D eigenvalue weighted by Gasteiger charge is -2.39. The maximum atomic E-state index is 5.95. The fraction of sp³-hybridized carbons (Fsp3) is 0.571. The van der Waals surface area contributed by atoms with Gasteiger partial charge in [0.15, 0.2) is 5.82 Å². The van der Waals surface area contributed by atoms with Crippen LogP contribution in [0.4, 0.5) is 5.82 Å². The van der Waals surface area contributed by atoms with E-state index in [-0.39, 0.29) is 6.04 Å². The molecule has 108 valence electrons. The van der Waals surface area contributed by atoms with E-state index in [1.807, 2.05) is 17.6 Å². The summed E-state index contributed by atoms with van der Waals surface area (Å²) in [5, 5.41) is 4.44. The van der Waals surface area contributed by atoms with Crippen molar-refractivity contribution in [2.24, 2.45) is 5.73 Å². The quantitative estimate of drug-likeness (QED) is 0.904. The number of nitrogens with two attached hydrogens (primary N) is 1. The first-order valence-electron chi connectivity index (χ1n) is 7.03. The molecule has 6 heteroatoms. The zero-order valence-corrected chi connectivity index (χ0v) is 12.0. The SMILES string of the molecule is COC1CCN(c2nccn3nc(C)cc23)C(CN)C1. The van der Waals surface area contributed by atoms with Crippen molar-refractivity contribution >= 4 is 11.3 Å². The van der Waals surface area contributed by atoms with Gasteiger partial charge in [0.2, 0.25) is 0 Å². The highest BCUT2D eigenvalue weighted by Gasteiger charge is 2.29. The van der Waals surface area contributed by atoms with E-state index in [1.54, 1.807) is 13.3 Å². The smallest absolute Gasteiger partial charge is 0.154 e. The molecule has 1 fully saturated rings. The monoisotopic (exact) mass is 275 g/mol. The van der Waals surface area contributed by atoms with E-state index in [2.05, 4.69) is 21.0 Å². The van der Waals surface area contributed by atoms with Crippen LogP contribution in [0.3, 0.4) is 0 Å². The minimum Gasteiger partial charge on any atom is -0.381 e. The first kappa shape index (κ1) is 13.3. The van der Waals surface area contributed by atoms with Gasteiger partial charge in [-0.1, -0.05) is 0 Å². The van der Waals surface area contributed by atoms with Crippen LogP contribution < -0.4 is 10.6 Å². The first-order chi connectivity index (χ1) is 9.72. The highest BCUT2D eigenvalue weighted by atomic mass is 16.5. The van der Waals surface area contributed by atoms with Gasteiger partial charge in [0.1, 0.15) is 5.52 Å². The second-order valence-electron chi connectivity index (χ2n) is 5.33. The number of aromatic nitrogens is 3. The summed E-state index contributed by atoms with van der Waals surface area (Å²) < 4.78 is 7.36. The molecule has 6 nitrogen and oxygen atoms in total. The maximum Gasteiger partial charge on any atom is 0.154 e. The van der Waals surface area contributed by atoms with Crippen LogP contribution in [0.1, 0.15) is 18.5 Å². The lowest BCUT2D eigenvalue weighted by molar-refractivity contribution is 0.0708. The lowest BCUT2D eigenvalue weighted by Crippen LogP contribution is -2.49. The Balaban J connectivity index is 1.97. The molecule has 20 heavy (non-hydrogen) atoms. The van der Waals surface area contributed by atoms with Crippen LogP contribution in [0.5, 0.6) is 0 Å². The van der Waals surface area contributed by atoms with E-state index >= 15 is 0 Å². The van der Waals surface area contributed by atoms with E-state index in [0.29, 0.717) is 12.6 Å². The lowest BCUT2D eigenvalue weighted by atomic mass is 9.99. The molecule has 2 aromatic rings. The Labute approximate surface area is 118 Å². The Morgan fingerprint density at radius 1 is 1.50 bits per heavy atom. The molecule has 3 heterocycles. The number of hydrogen-bond acceptors (Lipinski definition) is 5. The molecule has 0 aliphatic carbocycles. The number of methoxy groups -OCH3 is 1. The second-order valence-corrected chi connectivity index (χ2v) is 5.33. The number of aryl methyl sites for hydroxylation is 1. The van der Waals surface area contributed by atoms with Gasteiger partial charge >= 0.3 is 0 Å². The van der Waals surface area contributed by atoms with Gasteiger partial charge in [0.25, 0.3) is 0 Å². The van der Waals surface area contributed by atoms with Gasteiger partial charge in [-0.15, -0.1) is 0 Å². The normalized spacial score (nSPS) is 23.4. The van der Waals surface area contributed by atoms with Crippen molar-refractivity contribution in [2.45, 2.75) is 31.9 Å². The first-order valence-corrected chi connectivity index (χ1v) is 7.03. The number of fused-ring (bicyclic) bond motifs is 1. The topological polar surface area (TPSA) is 68.7 Å². The third kappa shape index (κ3) is 2.25. The van der Waals surface area contributed by atoms with Gasteiger partial charge in [-0.05, 0) is 25.8 Å². The van der Waals surface area contributed by atoms with E-state index in [4.69, 9.17) is 10.5 Å². The Morgan fingerprint density at radius 2 is 2.35 bits per heavy atom. The zero-order chi connectivity index (χ0) is 14.1. The molecule has 0 spiro atoms. The van der Waals surface area contributed by atoms with Gasteiger partial charge in [-0.2, -0.15) is 5.10 Å². The highest BCUT2D eigenvalue weighted by Crippen LogP contribution is 2.27. The summed E-state index contributed by atoms with van der Waals surface area (Å²) in [5.41, 5.74) is 7.99. The summed E-state index contributed by atoms with van der Waals surface area (Å²) in [6.07, 6.45) is 5.92. The van der Waals surface area contributed by atoms with Gasteiger partial charge in [0, 0.05) is 38.6 Å². The molecule has 2 unspecified atom stereocenters. The van der Waals surface area contributed by atoms with Crippen LogP contribution in [0.25, 0.3) is 5.52 Å². The summed E-state index contributed by atoms with van der Waals surface area (Å²) in [4.78, 5) is 6.86. The number of anilines is 1. The van der Waals surface area contributed by atoms with Crippen LogP contribution in [0.15, 0.2) is 18.5 Å². The van der Waals surface area contributed by atoms with E-state index < -0.39 is 0 Å². The summed E-state index contributed by atoms with van der Waals surface area (Å²) in [6.45, 7) is 3.52. The molecule has 2 aromatic heterocycles. The van der Waals surface area contributed by atoms with Gasteiger partial charge in [-0.25, -0.2) is 9.50 Å². The highest BCUT2D eigenvalue weighted by molar-refractivity contribution is 5.69. The summed E-state index contributed by atoms with van der Waals surface area (Å²) in [5.74, 6) is 0.970. The van der Waals surface area contributed by atoms with Crippen LogP contribution in [-0.2, 0) is 4.74 Å². The molecule has 0 bridgehead atoms. The van der Waals surface area contributed by atoms with E-state index in [0.717, 1.165) is 36.4 Å². The Hall–Kier alpha value is -1.66. The van der Waals surface area contributed by atoms with Crippen LogP contribution >= 0.6 is 0 Å². The summed E-state index contributed by atoms with van der Waals surface area (Å²) in [7, 11) is 1.77. The van der Waals surface area contributed by atoms with E-state index in [1.165, 1.54) is 0 Å². The largest absolute Gasteiger partial charge is 0.381 e. The minimum absolute atomic E-state index is 0.266. The fourth-order valence-electron chi connectivity index (χ4n) is 2.98. The number of rotatable bonds is 3. The van der Waals surface area contributed by atoms with Gasteiger partial charge in [0.05, 0.1) is 11.8 Å². The van der Waals surface area contributed by atoms with Crippen LogP contribution in [0.2, 0.25) is 0 Å². The number of hydrogen-bond donors (Lipinski definition) is 1. The molecule has 2 atom stereocenters. The van der Waals surface area contributed by atoms with Crippen molar-refractivity contribution in [3.05, 3.63) is 24.2 Å². The van der Waals surface area contributed by atoms with Crippen molar-refractivity contribution in [3.63, 3.8) is 0 Å². The summed E-state index contributed by atoms with van der Waals surface area (Å²) in [6, 6.07) is 2.33. The molecule has 1 saturated heterocycles. The minimum atomic E-state index is 0.266. The fourth-order valence-corrected chi connectivity index (χ4v) is 2.98. The van der Waals surface area contributed by atoms with Crippen molar-refractivity contribution in [2.75, 3.05) is 25.1 Å². The number of nitrogens with zero attached hydrogens (tertiary/aromatic N) is 4. The maximum absolute atomic E-state index is 5.95. The van der Waals surface area contributed by atoms with Gasteiger partial charge < -0.3 is 15.4 Å². The standard InChI is InChI=1S/C14H21N5O/c1-10-7-13-14(16-4-6-19(13)17-10)18-5-3-12(20-2)8-11(18)9-15/h4,6-7,11-12H,3,5,8-9,15H2,1-2H3. The molecular weight excluding hydrogens is 254 g/mol. The molecule has 2 N–H and O–H groups in total. The average Bonchev–Trinajstić information content (AvgIpc) is 2.86. The van der Waals surface area contributed by atoms with E-state index in [9.17, 15) is 0 Å². The molecule has 1 aliphatic heterocycles. The van der Waals surface area contributed by atoms with Crippen LogP contribution in [0, 0.1) is 6.92 Å². The van der Waals surface area contributed by atoms with Crippen molar-refractivity contribution in [1.82, 2.24) is 14.6 Å². The van der Waals surface area contributed by atoms with Crippen molar-refractivity contribution < 1.29 is 4.74 Å². The van der Waals surface area contributed by atoms with Crippen LogP contribution in [-0.4, -0.2) is 46.9 Å². The number of piperidine rings is 1. The molecule has 0 amide bonds. The molecule has 0 saturated carbocycles. The molecule has 0 radical (unpaired) electrons. The molecule has 1 aliphatic rings. The van der Waals surface area contributed by atoms with Gasteiger partial charge in [-0.3, -0.25) is 0 Å². The Bertz CT molecular complexity index is 596.